The van der Waals surface area contributed by atoms with Crippen molar-refractivity contribution in [1.82, 2.24) is 4.90 Å². The summed E-state index contributed by atoms with van der Waals surface area (Å²) >= 11 is 0. The zero-order valence-corrected chi connectivity index (χ0v) is 12.8. The molecule has 0 fully saturated rings. The van der Waals surface area contributed by atoms with Gasteiger partial charge in [-0.05, 0) is 42.1 Å². The van der Waals surface area contributed by atoms with Gasteiger partial charge in [-0.2, -0.15) is 0 Å². The molecule has 0 spiro atoms. The number of hydrogen-bond donors (Lipinski definition) is 1. The molecule has 0 radical (unpaired) electrons. The third kappa shape index (κ3) is 3.25. The van der Waals surface area contributed by atoms with E-state index in [4.69, 9.17) is 15.2 Å². The predicted octanol–water partition coefficient (Wildman–Crippen LogP) is 2.05. The van der Waals surface area contributed by atoms with Gasteiger partial charge >= 0.3 is 0 Å². The van der Waals surface area contributed by atoms with Gasteiger partial charge in [0.1, 0.15) is 0 Å². The highest BCUT2D eigenvalue weighted by Gasteiger charge is 2.20. The van der Waals surface area contributed by atoms with E-state index in [9.17, 15) is 0 Å². The zero-order valence-electron chi connectivity index (χ0n) is 12.8. The topological polar surface area (TPSA) is 47.7 Å². The number of benzene rings is 1. The predicted molar refractivity (Wildman–Crippen MR) is 81.4 cm³/mol. The molecule has 0 saturated heterocycles. The van der Waals surface area contributed by atoms with Gasteiger partial charge in [0.25, 0.3) is 0 Å². The second-order valence-electron chi connectivity index (χ2n) is 5.47. The molecule has 1 aliphatic rings. The molecule has 1 atom stereocenters. The van der Waals surface area contributed by atoms with Crippen molar-refractivity contribution in [3.05, 3.63) is 23.3 Å². The summed E-state index contributed by atoms with van der Waals surface area (Å²) in [5.74, 6) is 2.24. The number of methoxy groups -OCH3 is 2. The Bertz CT molecular complexity index is 444. The molecular weight excluding hydrogens is 252 g/mol. The second kappa shape index (κ2) is 6.95. The minimum absolute atomic E-state index is 0.594. The molecule has 2 rings (SSSR count). The van der Waals surface area contributed by atoms with Gasteiger partial charge < -0.3 is 15.2 Å². The lowest BCUT2D eigenvalue weighted by Crippen LogP contribution is -2.36. The van der Waals surface area contributed by atoms with Crippen LogP contribution in [-0.2, 0) is 13.0 Å². The van der Waals surface area contributed by atoms with Crippen LogP contribution in [0.4, 0.5) is 0 Å². The van der Waals surface area contributed by atoms with Crippen molar-refractivity contribution in [1.29, 1.82) is 0 Å². The molecule has 1 unspecified atom stereocenters. The minimum atomic E-state index is 0.594. The monoisotopic (exact) mass is 278 g/mol. The quantitative estimate of drug-likeness (QED) is 0.865. The van der Waals surface area contributed by atoms with E-state index in [1.54, 1.807) is 14.2 Å². The lowest BCUT2D eigenvalue weighted by Gasteiger charge is -2.31. The van der Waals surface area contributed by atoms with Crippen LogP contribution >= 0.6 is 0 Å². The maximum absolute atomic E-state index is 5.82. The molecule has 0 saturated carbocycles. The molecule has 20 heavy (non-hydrogen) atoms. The van der Waals surface area contributed by atoms with E-state index in [1.165, 1.54) is 11.1 Å². The van der Waals surface area contributed by atoms with Gasteiger partial charge in [-0.15, -0.1) is 0 Å². The molecule has 112 valence electrons. The van der Waals surface area contributed by atoms with Crippen molar-refractivity contribution in [2.75, 3.05) is 33.9 Å². The van der Waals surface area contributed by atoms with E-state index in [1.807, 2.05) is 0 Å². The third-order valence-electron chi connectivity index (χ3n) is 4.22. The number of fused-ring (bicyclic) bond motifs is 1. The van der Waals surface area contributed by atoms with Gasteiger partial charge in [-0.25, -0.2) is 0 Å². The summed E-state index contributed by atoms with van der Waals surface area (Å²) in [6.07, 6.45) is 2.21. The second-order valence-corrected chi connectivity index (χ2v) is 5.47. The van der Waals surface area contributed by atoms with Gasteiger partial charge in [0.05, 0.1) is 14.2 Å². The minimum Gasteiger partial charge on any atom is -0.493 e. The summed E-state index contributed by atoms with van der Waals surface area (Å²) in [5, 5.41) is 0. The SMILES string of the molecule is CCC(CN)CN1CCc2cc(OC)c(OC)cc2C1. The molecule has 1 aliphatic heterocycles. The van der Waals surface area contributed by atoms with Crippen molar-refractivity contribution < 1.29 is 9.47 Å². The maximum Gasteiger partial charge on any atom is 0.161 e. The molecule has 4 nitrogen and oxygen atoms in total. The van der Waals surface area contributed by atoms with Crippen LogP contribution in [0.5, 0.6) is 11.5 Å². The molecule has 0 bridgehead atoms. The average Bonchev–Trinajstić information content (AvgIpc) is 2.50. The fraction of sp³-hybridized carbons (Fsp3) is 0.625. The van der Waals surface area contributed by atoms with Crippen LogP contribution < -0.4 is 15.2 Å². The molecule has 4 heteroatoms. The lowest BCUT2D eigenvalue weighted by atomic mass is 9.97. The van der Waals surface area contributed by atoms with Crippen molar-refractivity contribution in [3.63, 3.8) is 0 Å². The third-order valence-corrected chi connectivity index (χ3v) is 4.22. The zero-order chi connectivity index (χ0) is 14.5. The molecular formula is C16H26N2O2. The fourth-order valence-corrected chi connectivity index (χ4v) is 2.83. The van der Waals surface area contributed by atoms with E-state index in [0.29, 0.717) is 5.92 Å². The first kappa shape index (κ1) is 15.1. The van der Waals surface area contributed by atoms with Gasteiger partial charge in [-0.3, -0.25) is 4.90 Å². The van der Waals surface area contributed by atoms with Gasteiger partial charge in [0, 0.05) is 19.6 Å². The summed E-state index contributed by atoms with van der Waals surface area (Å²) in [6, 6.07) is 4.23. The molecule has 1 aromatic carbocycles. The standard InChI is InChI=1S/C16H26N2O2/c1-4-12(9-17)10-18-6-5-13-7-15(19-2)16(20-3)8-14(13)11-18/h7-8,12H,4-6,9-11,17H2,1-3H3. The van der Waals surface area contributed by atoms with Gasteiger partial charge in [0.15, 0.2) is 11.5 Å². The van der Waals surface area contributed by atoms with Crippen molar-refractivity contribution in [2.24, 2.45) is 11.7 Å². The largest absolute Gasteiger partial charge is 0.493 e. The van der Waals surface area contributed by atoms with Crippen LogP contribution in [0.25, 0.3) is 0 Å². The Morgan fingerprint density at radius 3 is 2.40 bits per heavy atom. The van der Waals surface area contributed by atoms with Crippen LogP contribution in [-0.4, -0.2) is 38.8 Å². The van der Waals surface area contributed by atoms with Gasteiger partial charge in [0.2, 0.25) is 0 Å². The van der Waals surface area contributed by atoms with E-state index in [2.05, 4.69) is 24.0 Å². The van der Waals surface area contributed by atoms with Crippen LogP contribution in [0.3, 0.4) is 0 Å². The van der Waals surface area contributed by atoms with Crippen molar-refractivity contribution in [2.45, 2.75) is 26.3 Å². The van der Waals surface area contributed by atoms with E-state index in [-0.39, 0.29) is 0 Å². The summed E-state index contributed by atoms with van der Waals surface area (Å²) < 4.78 is 10.8. The van der Waals surface area contributed by atoms with E-state index >= 15 is 0 Å². The fourth-order valence-electron chi connectivity index (χ4n) is 2.83. The summed E-state index contributed by atoms with van der Waals surface area (Å²) in [7, 11) is 3.37. The number of nitrogens with two attached hydrogens (primary N) is 1. The molecule has 1 heterocycles. The van der Waals surface area contributed by atoms with Crippen LogP contribution in [0, 0.1) is 5.92 Å². The first-order valence-electron chi connectivity index (χ1n) is 7.38. The summed E-state index contributed by atoms with van der Waals surface area (Å²) in [4.78, 5) is 2.50. The average molecular weight is 278 g/mol. The molecule has 0 aliphatic carbocycles. The normalized spacial score (nSPS) is 16.6. The first-order valence-corrected chi connectivity index (χ1v) is 7.38. The highest BCUT2D eigenvalue weighted by molar-refractivity contribution is 5.48. The Kier molecular flexibility index (Phi) is 5.26. The molecule has 0 aromatic heterocycles. The number of rotatable bonds is 6. The lowest BCUT2D eigenvalue weighted by molar-refractivity contribution is 0.212. The van der Waals surface area contributed by atoms with Crippen LogP contribution in [0.1, 0.15) is 24.5 Å². The maximum atomic E-state index is 5.82. The Balaban J connectivity index is 2.13. The number of hydrogen-bond acceptors (Lipinski definition) is 4. The summed E-state index contributed by atoms with van der Waals surface area (Å²) in [6.45, 7) is 6.14. The Morgan fingerprint density at radius 2 is 1.85 bits per heavy atom. The molecule has 2 N–H and O–H groups in total. The van der Waals surface area contributed by atoms with Gasteiger partial charge in [-0.1, -0.05) is 13.3 Å². The first-order chi connectivity index (χ1) is 9.71. The van der Waals surface area contributed by atoms with Crippen LogP contribution in [0.15, 0.2) is 12.1 Å². The Hall–Kier alpha value is -1.26. The Morgan fingerprint density at radius 1 is 1.20 bits per heavy atom. The van der Waals surface area contributed by atoms with E-state index in [0.717, 1.165) is 50.5 Å². The molecule has 0 amide bonds. The Labute approximate surface area is 121 Å². The number of ether oxygens (including phenoxy) is 2. The van der Waals surface area contributed by atoms with Crippen molar-refractivity contribution >= 4 is 0 Å². The van der Waals surface area contributed by atoms with E-state index < -0.39 is 0 Å². The highest BCUT2D eigenvalue weighted by atomic mass is 16.5. The van der Waals surface area contributed by atoms with Crippen LogP contribution in [0.2, 0.25) is 0 Å². The summed E-state index contributed by atoms with van der Waals surface area (Å²) in [5.41, 5.74) is 8.54. The molecule has 1 aromatic rings. The number of nitrogens with zero attached hydrogens (tertiary/aromatic N) is 1. The smallest absolute Gasteiger partial charge is 0.161 e. The van der Waals surface area contributed by atoms with Crippen molar-refractivity contribution in [3.8, 4) is 11.5 Å². The highest BCUT2D eigenvalue weighted by Crippen LogP contribution is 2.33.